The van der Waals surface area contributed by atoms with Crippen molar-refractivity contribution in [2.24, 2.45) is 5.92 Å². The summed E-state index contributed by atoms with van der Waals surface area (Å²) in [5.41, 5.74) is 0.454. The number of amides is 1. The largest absolute Gasteiger partial charge is 0.481 e. The third kappa shape index (κ3) is 2.10. The van der Waals surface area contributed by atoms with Gasteiger partial charge in [0.2, 0.25) is 0 Å². The lowest BCUT2D eigenvalue weighted by atomic mass is 9.89. The summed E-state index contributed by atoms with van der Waals surface area (Å²) in [7, 11) is 0. The molecule has 3 unspecified atom stereocenters. The predicted octanol–water partition coefficient (Wildman–Crippen LogP) is 2.51. The van der Waals surface area contributed by atoms with Gasteiger partial charge in [-0.1, -0.05) is 0 Å². The molecule has 1 N–H and O–H groups in total. The Morgan fingerprint density at radius 1 is 1.35 bits per heavy atom. The fourth-order valence-electron chi connectivity index (χ4n) is 3.37. The molecule has 2 fully saturated rings. The van der Waals surface area contributed by atoms with Gasteiger partial charge in [0.1, 0.15) is 5.82 Å². The van der Waals surface area contributed by atoms with Gasteiger partial charge in [-0.15, -0.1) is 0 Å². The molecule has 1 aromatic rings. The van der Waals surface area contributed by atoms with Crippen molar-refractivity contribution in [3.8, 4) is 0 Å². The van der Waals surface area contributed by atoms with Gasteiger partial charge in [0.25, 0.3) is 5.91 Å². The molecule has 20 heavy (non-hydrogen) atoms. The van der Waals surface area contributed by atoms with Crippen molar-refractivity contribution in [2.45, 2.75) is 31.3 Å². The molecule has 4 nitrogen and oxygen atoms in total. The van der Waals surface area contributed by atoms with E-state index in [1.54, 1.807) is 4.90 Å². The highest BCUT2D eigenvalue weighted by molar-refractivity contribution is 14.1. The lowest BCUT2D eigenvalue weighted by Crippen LogP contribution is -2.38. The topological polar surface area (TPSA) is 57.6 Å². The number of benzene rings is 1. The summed E-state index contributed by atoms with van der Waals surface area (Å²) in [5, 5.41) is 9.21. The Morgan fingerprint density at radius 3 is 2.70 bits per heavy atom. The first-order valence-corrected chi connectivity index (χ1v) is 7.57. The molecule has 2 saturated heterocycles. The third-order valence-electron chi connectivity index (χ3n) is 4.25. The first-order chi connectivity index (χ1) is 9.49. The lowest BCUT2D eigenvalue weighted by molar-refractivity contribution is -0.142. The lowest BCUT2D eigenvalue weighted by Gasteiger charge is -2.23. The van der Waals surface area contributed by atoms with E-state index in [2.05, 4.69) is 0 Å². The van der Waals surface area contributed by atoms with Crippen LogP contribution in [0.15, 0.2) is 18.2 Å². The van der Waals surface area contributed by atoms with E-state index in [0.717, 1.165) is 12.8 Å². The fraction of sp³-hybridized carbons (Fsp3) is 0.429. The SMILES string of the molecule is O=C(O)C1CC2CCC1N2C(=O)c1ccc(F)cc1I. The minimum Gasteiger partial charge on any atom is -0.481 e. The fourth-order valence-corrected chi connectivity index (χ4v) is 4.08. The number of rotatable bonds is 2. The normalized spacial score (nSPS) is 27.9. The summed E-state index contributed by atoms with van der Waals surface area (Å²) < 4.78 is 13.7. The molecule has 3 atom stereocenters. The summed E-state index contributed by atoms with van der Waals surface area (Å²) in [6.07, 6.45) is 2.13. The second kappa shape index (κ2) is 4.98. The maximum absolute atomic E-state index is 13.1. The second-order valence-corrected chi connectivity index (χ2v) is 6.48. The Bertz CT molecular complexity index is 592. The van der Waals surface area contributed by atoms with Gasteiger partial charge in [-0.3, -0.25) is 9.59 Å². The van der Waals surface area contributed by atoms with Gasteiger partial charge in [0, 0.05) is 15.7 Å². The van der Waals surface area contributed by atoms with Crippen LogP contribution in [0.1, 0.15) is 29.6 Å². The van der Waals surface area contributed by atoms with E-state index in [1.807, 2.05) is 22.6 Å². The minimum absolute atomic E-state index is 0.00875. The van der Waals surface area contributed by atoms with E-state index >= 15 is 0 Å². The molecule has 1 amide bonds. The van der Waals surface area contributed by atoms with Gasteiger partial charge in [-0.05, 0) is 60.1 Å². The molecule has 2 bridgehead atoms. The summed E-state index contributed by atoms with van der Waals surface area (Å²) in [5.74, 6) is -1.84. The first kappa shape index (κ1) is 13.8. The van der Waals surface area contributed by atoms with Crippen molar-refractivity contribution in [3.05, 3.63) is 33.1 Å². The standard InChI is InChI=1S/C14H13FINO3/c15-7-1-3-9(11(16)5-7)13(18)17-8-2-4-12(17)10(6-8)14(19)20/h1,3,5,8,10,12H,2,4,6H2,(H,19,20). The average molecular weight is 389 g/mol. The van der Waals surface area contributed by atoms with E-state index in [0.29, 0.717) is 15.6 Å². The number of fused-ring (bicyclic) bond motifs is 2. The molecule has 0 aromatic heterocycles. The van der Waals surface area contributed by atoms with E-state index < -0.39 is 11.9 Å². The van der Waals surface area contributed by atoms with Gasteiger partial charge in [0.05, 0.1) is 11.5 Å². The molecule has 2 aliphatic heterocycles. The Balaban J connectivity index is 1.90. The molecule has 3 rings (SSSR count). The van der Waals surface area contributed by atoms with Crippen LogP contribution in [0.3, 0.4) is 0 Å². The maximum atomic E-state index is 13.1. The van der Waals surface area contributed by atoms with Crippen LogP contribution in [0.2, 0.25) is 0 Å². The Morgan fingerprint density at radius 2 is 2.10 bits per heavy atom. The number of carboxylic acid groups (broad SMARTS) is 1. The molecule has 2 aliphatic rings. The molecule has 0 radical (unpaired) electrons. The molecule has 106 valence electrons. The maximum Gasteiger partial charge on any atom is 0.308 e. The van der Waals surface area contributed by atoms with Crippen LogP contribution in [-0.4, -0.2) is 34.0 Å². The zero-order valence-corrected chi connectivity index (χ0v) is 12.7. The van der Waals surface area contributed by atoms with Gasteiger partial charge in [-0.2, -0.15) is 0 Å². The Hall–Kier alpha value is -1.18. The van der Waals surface area contributed by atoms with E-state index in [4.69, 9.17) is 0 Å². The number of hydrogen-bond acceptors (Lipinski definition) is 2. The Labute approximate surface area is 129 Å². The van der Waals surface area contributed by atoms with Crippen LogP contribution in [-0.2, 0) is 4.79 Å². The molecule has 6 heteroatoms. The molecular formula is C14H13FINO3. The van der Waals surface area contributed by atoms with Crippen LogP contribution >= 0.6 is 22.6 Å². The number of carbonyl (C=O) groups is 2. The average Bonchev–Trinajstić information content (AvgIpc) is 2.95. The molecule has 0 saturated carbocycles. The van der Waals surface area contributed by atoms with Crippen molar-refractivity contribution in [3.63, 3.8) is 0 Å². The van der Waals surface area contributed by atoms with Crippen LogP contribution in [0.4, 0.5) is 4.39 Å². The first-order valence-electron chi connectivity index (χ1n) is 6.49. The molecule has 0 aliphatic carbocycles. The number of hydrogen-bond donors (Lipinski definition) is 1. The quantitative estimate of drug-likeness (QED) is 0.791. The van der Waals surface area contributed by atoms with Crippen LogP contribution in [0, 0.1) is 15.3 Å². The number of nitrogens with zero attached hydrogens (tertiary/aromatic N) is 1. The summed E-state index contributed by atoms with van der Waals surface area (Å²) in [4.78, 5) is 25.5. The summed E-state index contributed by atoms with van der Waals surface area (Å²) >= 11 is 1.94. The van der Waals surface area contributed by atoms with Gasteiger partial charge >= 0.3 is 5.97 Å². The number of carboxylic acids is 1. The smallest absolute Gasteiger partial charge is 0.308 e. The van der Waals surface area contributed by atoms with Crippen molar-refractivity contribution >= 4 is 34.5 Å². The van der Waals surface area contributed by atoms with Crippen molar-refractivity contribution in [2.75, 3.05) is 0 Å². The third-order valence-corrected chi connectivity index (χ3v) is 5.14. The highest BCUT2D eigenvalue weighted by Crippen LogP contribution is 2.42. The van der Waals surface area contributed by atoms with Crippen LogP contribution < -0.4 is 0 Å². The van der Waals surface area contributed by atoms with Gasteiger partial charge in [-0.25, -0.2) is 4.39 Å². The highest BCUT2D eigenvalue weighted by Gasteiger charge is 2.51. The molecule has 1 aromatic carbocycles. The molecule has 0 spiro atoms. The van der Waals surface area contributed by atoms with E-state index in [-0.39, 0.29) is 23.8 Å². The molecule has 2 heterocycles. The van der Waals surface area contributed by atoms with Crippen LogP contribution in [0.5, 0.6) is 0 Å². The predicted molar refractivity (Wildman–Crippen MR) is 77.8 cm³/mol. The molecular weight excluding hydrogens is 376 g/mol. The van der Waals surface area contributed by atoms with Crippen molar-refractivity contribution in [1.82, 2.24) is 4.90 Å². The number of halogens is 2. The summed E-state index contributed by atoms with van der Waals surface area (Å²) in [6, 6.07) is 3.86. The van der Waals surface area contributed by atoms with Gasteiger partial charge in [0.15, 0.2) is 0 Å². The zero-order valence-electron chi connectivity index (χ0n) is 10.6. The number of aliphatic carboxylic acids is 1. The Kier molecular flexibility index (Phi) is 3.43. The highest BCUT2D eigenvalue weighted by atomic mass is 127. The zero-order chi connectivity index (χ0) is 14.4. The van der Waals surface area contributed by atoms with Crippen molar-refractivity contribution in [1.29, 1.82) is 0 Å². The monoisotopic (exact) mass is 389 g/mol. The second-order valence-electron chi connectivity index (χ2n) is 5.32. The van der Waals surface area contributed by atoms with Crippen molar-refractivity contribution < 1.29 is 19.1 Å². The minimum atomic E-state index is -0.830. The van der Waals surface area contributed by atoms with Gasteiger partial charge < -0.3 is 10.0 Å². The van der Waals surface area contributed by atoms with Crippen LogP contribution in [0.25, 0.3) is 0 Å². The number of carbonyl (C=O) groups excluding carboxylic acids is 1. The van der Waals surface area contributed by atoms with E-state index in [9.17, 15) is 19.1 Å². The summed E-state index contributed by atoms with van der Waals surface area (Å²) in [6.45, 7) is 0. The van der Waals surface area contributed by atoms with E-state index in [1.165, 1.54) is 18.2 Å².